The fourth-order valence-corrected chi connectivity index (χ4v) is 18.5. The van der Waals surface area contributed by atoms with E-state index in [-0.39, 0.29) is 44.5 Å². The van der Waals surface area contributed by atoms with Crippen LogP contribution in [-0.4, -0.2) is 46.8 Å². The van der Waals surface area contributed by atoms with Crippen molar-refractivity contribution in [3.05, 3.63) is 103 Å². The molecule has 0 heterocycles. The molecule has 0 bridgehead atoms. The third kappa shape index (κ3) is 9.80. The third-order valence-electron chi connectivity index (χ3n) is 13.1. The van der Waals surface area contributed by atoms with Crippen molar-refractivity contribution < 1.29 is 43.7 Å². The van der Waals surface area contributed by atoms with Gasteiger partial charge in [-0.3, -0.25) is 0 Å². The molecule has 6 rings (SSSR count). The Morgan fingerprint density at radius 3 is 1.29 bits per heavy atom. The Hall–Kier alpha value is -3.23. The minimum absolute atomic E-state index is 0.0772. The van der Waals surface area contributed by atoms with Gasteiger partial charge in [-0.05, 0) is 0 Å². The Kier molecular flexibility index (Phi) is 14.8. The van der Waals surface area contributed by atoms with Crippen LogP contribution >= 0.6 is 0 Å². The van der Waals surface area contributed by atoms with Gasteiger partial charge in [-0.15, -0.1) is 0 Å². The topological polar surface area (TPSA) is 40.6 Å². The number of carbonyl (C=O) groups excluding carboxylic acids is 2. The van der Waals surface area contributed by atoms with Gasteiger partial charge in [0, 0.05) is 0 Å². The predicted molar refractivity (Wildman–Crippen MR) is 228 cm³/mol. The second-order valence-electron chi connectivity index (χ2n) is 19.5. The molecule has 0 N–H and O–H groups in total. The van der Waals surface area contributed by atoms with Gasteiger partial charge in [0.15, 0.2) is 0 Å². The minimum atomic E-state index is -5.02. The van der Waals surface area contributed by atoms with Gasteiger partial charge < -0.3 is 0 Å². The van der Waals surface area contributed by atoms with Crippen LogP contribution in [0.15, 0.2) is 68.5 Å². The summed E-state index contributed by atoms with van der Waals surface area (Å²) in [5.74, 6) is -2.88. The maximum atomic E-state index is 17.6. The molecule has 2 aromatic rings. The number of hydrogen-bond donors (Lipinski definition) is 0. The first kappa shape index (κ1) is 45.3. The van der Waals surface area contributed by atoms with E-state index in [9.17, 15) is 9.59 Å². The molecule has 59 heavy (non-hydrogen) atoms. The fourth-order valence-electron chi connectivity index (χ4n) is 10.1. The monoisotopic (exact) mass is 850 g/mol. The van der Waals surface area contributed by atoms with Crippen molar-refractivity contribution in [3.63, 3.8) is 0 Å². The molecule has 4 aliphatic carbocycles. The van der Waals surface area contributed by atoms with Gasteiger partial charge in [0.2, 0.25) is 0 Å². The number of carbonyl (C=O) groups is 2. The van der Waals surface area contributed by atoms with E-state index in [1.54, 1.807) is 0 Å². The summed E-state index contributed by atoms with van der Waals surface area (Å²) in [5.41, 5.74) is -0.535. The van der Waals surface area contributed by atoms with Gasteiger partial charge in [0.1, 0.15) is 0 Å². The van der Waals surface area contributed by atoms with Crippen LogP contribution in [-0.2, 0) is 39.0 Å². The van der Waals surface area contributed by atoms with Gasteiger partial charge in [-0.25, -0.2) is 0 Å². The van der Waals surface area contributed by atoms with E-state index in [0.717, 1.165) is 64.2 Å². The molecule has 0 spiro atoms. The van der Waals surface area contributed by atoms with Crippen LogP contribution in [0.25, 0.3) is 0 Å². The Balaban J connectivity index is 1.38. The van der Waals surface area contributed by atoms with E-state index in [1.165, 1.54) is 24.3 Å². The molecule has 2 fully saturated rings. The van der Waals surface area contributed by atoms with Crippen molar-refractivity contribution in [2.75, 3.05) is 13.1 Å². The zero-order chi connectivity index (χ0) is 42.5. The van der Waals surface area contributed by atoms with Crippen LogP contribution in [0.5, 0.6) is 0 Å². The SMILES string of the molecule is CC(C)(C)C(=O)N(CCCc1ccc(F)[c]([Ti]([C]2=CC=CC2)([C]2=CC=CC2)[c]2c(F)ccc(CCCN(C(=O)C(C)(C)C)C3CCCCC3)c2F)c1F)C1CCCCC1. The van der Waals surface area contributed by atoms with Crippen molar-refractivity contribution in [2.45, 2.75) is 156 Å². The summed E-state index contributed by atoms with van der Waals surface area (Å²) in [6, 6.07) is 5.79. The first-order chi connectivity index (χ1) is 28.1. The number of halogens is 4. The fraction of sp³-hybridized carbons (Fsp3) is 0.560. The molecule has 0 aliphatic heterocycles. The van der Waals surface area contributed by atoms with Gasteiger partial charge in [0.25, 0.3) is 0 Å². The van der Waals surface area contributed by atoms with Gasteiger partial charge in [-0.2, -0.15) is 0 Å². The molecule has 0 saturated heterocycles. The Labute approximate surface area is 354 Å². The third-order valence-corrected chi connectivity index (χ3v) is 21.1. The Morgan fingerprint density at radius 2 is 0.966 bits per heavy atom. The number of hydrogen-bond acceptors (Lipinski definition) is 2. The summed E-state index contributed by atoms with van der Waals surface area (Å²) in [6.07, 6.45) is 23.7. The van der Waals surface area contributed by atoms with Crippen LogP contribution in [0, 0.1) is 34.1 Å². The van der Waals surface area contributed by atoms with E-state index in [0.29, 0.717) is 57.7 Å². The summed E-state index contributed by atoms with van der Waals surface area (Å²) in [4.78, 5) is 31.3. The van der Waals surface area contributed by atoms with Gasteiger partial charge in [-0.1, -0.05) is 0 Å². The zero-order valence-corrected chi connectivity index (χ0v) is 37.9. The average Bonchev–Trinajstić information content (AvgIpc) is 3.95. The van der Waals surface area contributed by atoms with Crippen LogP contribution in [0.1, 0.15) is 143 Å². The molecule has 0 radical (unpaired) electrons. The van der Waals surface area contributed by atoms with Crippen molar-refractivity contribution in [1.29, 1.82) is 0 Å². The van der Waals surface area contributed by atoms with E-state index in [1.807, 2.05) is 87.8 Å². The van der Waals surface area contributed by atoms with Crippen molar-refractivity contribution in [1.82, 2.24) is 9.80 Å². The number of benzene rings is 2. The summed E-state index contributed by atoms with van der Waals surface area (Å²) in [6.45, 7) is 12.5. The molecule has 320 valence electrons. The maximum absolute atomic E-state index is 17.6. The normalized spacial score (nSPS) is 18.0. The molecule has 2 saturated carbocycles. The van der Waals surface area contributed by atoms with Crippen LogP contribution < -0.4 is 7.74 Å². The van der Waals surface area contributed by atoms with Crippen molar-refractivity contribution in [2.24, 2.45) is 10.8 Å². The number of aryl methyl sites for hydroxylation is 2. The van der Waals surface area contributed by atoms with Crippen molar-refractivity contribution in [3.8, 4) is 0 Å². The zero-order valence-electron chi connectivity index (χ0n) is 36.4. The van der Waals surface area contributed by atoms with Crippen LogP contribution in [0.4, 0.5) is 17.6 Å². The van der Waals surface area contributed by atoms with Gasteiger partial charge in [0.05, 0.1) is 0 Å². The number of rotatable bonds is 14. The standard InChI is InChI=1S/2C20H28F2NO.2C5H5.Ti/c2*1-20(2,3)19(24)23(17-9-5-4-6-10-17)13-7-8-15-11-12-16(21)14-18(15)22;2*1-2-4-5-3-1;/h2*11-12,17H,4-10,13H2,1-3H3;2*1-3H,4H2;. The molecular weight excluding hydrogens is 784 g/mol. The van der Waals surface area contributed by atoms with E-state index < -0.39 is 50.7 Å². The molecule has 2 amide bonds. The summed E-state index contributed by atoms with van der Waals surface area (Å²) in [5, 5.41) is 0. The van der Waals surface area contributed by atoms with E-state index in [2.05, 4.69) is 0 Å². The average molecular weight is 851 g/mol. The first-order valence-corrected chi connectivity index (χ1v) is 25.5. The van der Waals surface area contributed by atoms with Crippen LogP contribution in [0.3, 0.4) is 0 Å². The molecule has 0 atom stereocenters. The predicted octanol–water partition coefficient (Wildman–Crippen LogP) is 11.3. The first-order valence-electron chi connectivity index (χ1n) is 22.4. The molecule has 0 unspecified atom stereocenters. The van der Waals surface area contributed by atoms with Gasteiger partial charge >= 0.3 is 356 Å². The van der Waals surface area contributed by atoms with Crippen molar-refractivity contribution >= 4 is 19.6 Å². The molecular formula is C50H66F4N2O2Ti. The molecule has 0 aromatic heterocycles. The Bertz CT molecular complexity index is 1830. The molecule has 2 aromatic carbocycles. The second-order valence-corrected chi connectivity index (χ2v) is 25.4. The number of amides is 2. The quantitative estimate of drug-likeness (QED) is 0.140. The molecule has 9 heteroatoms. The summed E-state index contributed by atoms with van der Waals surface area (Å²) >= 11 is -5.02. The summed E-state index contributed by atoms with van der Waals surface area (Å²) < 4.78 is 69.9. The van der Waals surface area contributed by atoms with E-state index in [4.69, 9.17) is 0 Å². The summed E-state index contributed by atoms with van der Waals surface area (Å²) in [7, 11) is 0. The number of nitrogens with zero attached hydrogens (tertiary/aromatic N) is 2. The van der Waals surface area contributed by atoms with Crippen LogP contribution in [0.2, 0.25) is 0 Å². The molecule has 4 nitrogen and oxygen atoms in total. The Morgan fingerprint density at radius 1 is 0.593 bits per heavy atom. The van der Waals surface area contributed by atoms with E-state index >= 15 is 17.6 Å². The molecule has 4 aliphatic rings. The second kappa shape index (κ2) is 19.2. The number of allylic oxidation sites excluding steroid dienone is 8.